The number of esters is 1. The Hall–Kier alpha value is -2.15. The number of nitrogens with zero attached hydrogens (tertiary/aromatic N) is 1. The Kier molecular flexibility index (Phi) is 3.87. The van der Waals surface area contributed by atoms with E-state index >= 15 is 0 Å². The van der Waals surface area contributed by atoms with Gasteiger partial charge in [0.1, 0.15) is 11.4 Å². The number of hydrogen-bond donors (Lipinski definition) is 3. The van der Waals surface area contributed by atoms with Crippen molar-refractivity contribution in [2.45, 2.75) is 26.4 Å². The molecule has 0 atom stereocenters. The molecule has 0 spiro atoms. The zero-order chi connectivity index (χ0) is 13.9. The molecular weight excluding hydrogens is 238 g/mol. The van der Waals surface area contributed by atoms with Crippen molar-refractivity contribution in [3.63, 3.8) is 0 Å². The number of hydrogen-bond acceptors (Lipinski definition) is 6. The quantitative estimate of drug-likeness (QED) is 0.418. The Morgan fingerprint density at radius 3 is 2.44 bits per heavy atom. The number of carboxylic acid groups (broad SMARTS) is 1. The summed E-state index contributed by atoms with van der Waals surface area (Å²) < 4.78 is 5.08. The number of rotatable bonds is 3. The van der Waals surface area contributed by atoms with Crippen LogP contribution in [0.3, 0.4) is 0 Å². The highest BCUT2D eigenvalue weighted by molar-refractivity contribution is 6.01. The average molecular weight is 253 g/mol. The fourth-order valence-electron chi connectivity index (χ4n) is 1.19. The second kappa shape index (κ2) is 5.01. The number of aromatic nitrogens is 1. The lowest BCUT2D eigenvalue weighted by Gasteiger charge is -2.19. The highest BCUT2D eigenvalue weighted by Gasteiger charge is 2.24. The topological polar surface area (TPSA) is 115 Å². The van der Waals surface area contributed by atoms with Crippen LogP contribution in [0.25, 0.3) is 0 Å². The first-order chi connectivity index (χ1) is 8.24. The molecule has 7 nitrogen and oxygen atoms in total. The van der Waals surface area contributed by atoms with Crippen molar-refractivity contribution in [1.82, 2.24) is 4.98 Å². The molecule has 0 saturated heterocycles. The second-order valence-electron chi connectivity index (χ2n) is 4.54. The van der Waals surface area contributed by atoms with Crippen LogP contribution in [0, 0.1) is 0 Å². The lowest BCUT2D eigenvalue weighted by atomic mass is 10.1. The van der Waals surface area contributed by atoms with E-state index in [4.69, 9.17) is 15.7 Å². The molecule has 1 rings (SSSR count). The van der Waals surface area contributed by atoms with E-state index in [9.17, 15) is 9.59 Å². The normalized spacial score (nSPS) is 10.9. The van der Waals surface area contributed by atoms with E-state index < -0.39 is 17.5 Å². The molecule has 0 radical (unpaired) electrons. The third-order valence-corrected chi connectivity index (χ3v) is 1.87. The van der Waals surface area contributed by atoms with Gasteiger partial charge in [-0.2, -0.15) is 0 Å². The number of aromatic carboxylic acids is 1. The van der Waals surface area contributed by atoms with Crippen LogP contribution in [0.4, 0.5) is 5.82 Å². The number of carbonyl (C=O) groups excluding carboxylic acids is 1. The number of carbonyl (C=O) groups is 2. The van der Waals surface area contributed by atoms with Crippen molar-refractivity contribution in [2.24, 2.45) is 5.84 Å². The first-order valence-corrected chi connectivity index (χ1v) is 5.19. The van der Waals surface area contributed by atoms with Gasteiger partial charge in [-0.15, -0.1) is 0 Å². The lowest BCUT2D eigenvalue weighted by Crippen LogP contribution is -2.26. The first-order valence-electron chi connectivity index (χ1n) is 5.19. The number of ether oxygens (including phenoxy) is 1. The van der Waals surface area contributed by atoms with E-state index in [1.54, 1.807) is 20.8 Å². The highest BCUT2D eigenvalue weighted by Crippen LogP contribution is 2.16. The number of carboxylic acids is 1. The van der Waals surface area contributed by atoms with Crippen LogP contribution in [0.5, 0.6) is 0 Å². The Morgan fingerprint density at radius 1 is 1.39 bits per heavy atom. The fourth-order valence-corrected chi connectivity index (χ4v) is 1.19. The Balaban J connectivity index is 3.19. The summed E-state index contributed by atoms with van der Waals surface area (Å²) in [5, 5.41) is 8.98. The van der Waals surface area contributed by atoms with Crippen LogP contribution in [0.1, 0.15) is 41.6 Å². The Morgan fingerprint density at radius 2 is 2.00 bits per heavy atom. The summed E-state index contributed by atoms with van der Waals surface area (Å²) in [6.07, 6.45) is 0. The predicted octanol–water partition coefficient (Wildman–Crippen LogP) is 1.02. The number of hydrazine groups is 1. The van der Waals surface area contributed by atoms with Gasteiger partial charge in [0.2, 0.25) is 0 Å². The third-order valence-electron chi connectivity index (χ3n) is 1.87. The van der Waals surface area contributed by atoms with Gasteiger partial charge < -0.3 is 15.3 Å². The number of nitrogens with two attached hydrogens (primary N) is 1. The first kappa shape index (κ1) is 13.9. The van der Waals surface area contributed by atoms with E-state index in [-0.39, 0.29) is 17.1 Å². The summed E-state index contributed by atoms with van der Waals surface area (Å²) in [5.41, 5.74) is 0.986. The molecule has 0 fully saturated rings. The van der Waals surface area contributed by atoms with Gasteiger partial charge in [-0.3, -0.25) is 0 Å². The van der Waals surface area contributed by atoms with Gasteiger partial charge in [-0.1, -0.05) is 0 Å². The maximum Gasteiger partial charge on any atom is 0.358 e. The van der Waals surface area contributed by atoms with Gasteiger partial charge in [-0.25, -0.2) is 20.4 Å². The number of pyridine rings is 1. The molecule has 0 saturated carbocycles. The number of nitrogen functional groups attached to an aromatic ring is 1. The van der Waals surface area contributed by atoms with Crippen LogP contribution >= 0.6 is 0 Å². The average Bonchev–Trinajstić information content (AvgIpc) is 2.25. The summed E-state index contributed by atoms with van der Waals surface area (Å²) in [6, 6.07) is 2.60. The number of nitrogens with one attached hydrogen (secondary N) is 1. The minimum Gasteiger partial charge on any atom is -0.478 e. The molecule has 1 heterocycles. The second-order valence-corrected chi connectivity index (χ2v) is 4.54. The minimum atomic E-state index is -1.26. The maximum atomic E-state index is 11.8. The molecule has 0 aromatic carbocycles. The number of anilines is 1. The van der Waals surface area contributed by atoms with Crippen molar-refractivity contribution in [3.05, 3.63) is 23.4 Å². The van der Waals surface area contributed by atoms with Crippen LogP contribution in [0.2, 0.25) is 0 Å². The van der Waals surface area contributed by atoms with E-state index in [0.29, 0.717) is 0 Å². The fraction of sp³-hybridized carbons (Fsp3) is 0.364. The van der Waals surface area contributed by atoms with Crippen molar-refractivity contribution in [3.8, 4) is 0 Å². The molecule has 0 unspecified atom stereocenters. The van der Waals surface area contributed by atoms with Gasteiger partial charge in [0.25, 0.3) is 0 Å². The Labute approximate surface area is 104 Å². The van der Waals surface area contributed by atoms with E-state index in [2.05, 4.69) is 10.4 Å². The van der Waals surface area contributed by atoms with E-state index in [1.807, 2.05) is 0 Å². The van der Waals surface area contributed by atoms with Gasteiger partial charge in [-0.05, 0) is 32.9 Å². The van der Waals surface area contributed by atoms with Gasteiger partial charge in [0, 0.05) is 0 Å². The van der Waals surface area contributed by atoms with Crippen LogP contribution in [-0.4, -0.2) is 27.6 Å². The molecule has 0 amide bonds. The summed E-state index contributed by atoms with van der Waals surface area (Å²) in [4.78, 5) is 26.6. The molecule has 18 heavy (non-hydrogen) atoms. The van der Waals surface area contributed by atoms with Crippen molar-refractivity contribution in [2.75, 3.05) is 5.43 Å². The molecule has 7 heteroatoms. The third kappa shape index (κ3) is 3.42. The highest BCUT2D eigenvalue weighted by atomic mass is 16.6. The largest absolute Gasteiger partial charge is 0.478 e. The standard InChI is InChI=1S/C11H15N3O4/c1-11(2,3)18-10(17)8-6(9(15)16)4-5-7(13-8)14-12/h4-5H,12H2,1-3H3,(H,13,14)(H,15,16). The smallest absolute Gasteiger partial charge is 0.358 e. The molecular formula is C11H15N3O4. The molecule has 4 N–H and O–H groups in total. The van der Waals surface area contributed by atoms with Gasteiger partial charge >= 0.3 is 11.9 Å². The molecule has 1 aromatic heterocycles. The molecule has 0 aliphatic heterocycles. The van der Waals surface area contributed by atoms with E-state index in [0.717, 1.165) is 0 Å². The summed E-state index contributed by atoms with van der Waals surface area (Å²) in [6.45, 7) is 5.03. The van der Waals surface area contributed by atoms with Crippen molar-refractivity contribution < 1.29 is 19.4 Å². The SMILES string of the molecule is CC(C)(C)OC(=O)c1nc(NN)ccc1C(=O)O. The zero-order valence-electron chi connectivity index (χ0n) is 10.4. The van der Waals surface area contributed by atoms with Gasteiger partial charge in [0.05, 0.1) is 5.56 Å². The molecule has 1 aromatic rings. The van der Waals surface area contributed by atoms with E-state index in [1.165, 1.54) is 12.1 Å². The predicted molar refractivity (Wildman–Crippen MR) is 64.2 cm³/mol. The monoisotopic (exact) mass is 253 g/mol. The molecule has 0 aliphatic rings. The maximum absolute atomic E-state index is 11.8. The summed E-state index contributed by atoms with van der Waals surface area (Å²) in [5.74, 6) is 3.28. The minimum absolute atomic E-state index is 0.181. The molecule has 98 valence electrons. The molecule has 0 bridgehead atoms. The Bertz CT molecular complexity index is 480. The summed E-state index contributed by atoms with van der Waals surface area (Å²) >= 11 is 0. The summed E-state index contributed by atoms with van der Waals surface area (Å²) in [7, 11) is 0. The van der Waals surface area contributed by atoms with Crippen LogP contribution in [0.15, 0.2) is 12.1 Å². The van der Waals surface area contributed by atoms with Crippen molar-refractivity contribution in [1.29, 1.82) is 0 Å². The lowest BCUT2D eigenvalue weighted by molar-refractivity contribution is 0.00591. The van der Waals surface area contributed by atoms with Crippen LogP contribution < -0.4 is 11.3 Å². The van der Waals surface area contributed by atoms with Gasteiger partial charge in [0.15, 0.2) is 5.69 Å². The van der Waals surface area contributed by atoms with Crippen LogP contribution in [-0.2, 0) is 4.74 Å². The van der Waals surface area contributed by atoms with Crippen molar-refractivity contribution >= 4 is 17.8 Å². The molecule has 0 aliphatic carbocycles. The zero-order valence-corrected chi connectivity index (χ0v) is 10.4.